The number of amidine groups is 1. The van der Waals surface area contributed by atoms with Gasteiger partial charge < -0.3 is 5.11 Å². The van der Waals surface area contributed by atoms with Gasteiger partial charge in [-0.25, -0.2) is 9.99 Å². The van der Waals surface area contributed by atoms with E-state index >= 15 is 0 Å². The molecule has 156 valence electrons. The fraction of sp³-hybridized carbons (Fsp3) is 0.0400. The van der Waals surface area contributed by atoms with Crippen LogP contribution in [0.5, 0.6) is 0 Å². The van der Waals surface area contributed by atoms with E-state index in [1.54, 1.807) is 36.4 Å². The SMILES string of the molecule is N=C1C(c2nc3ccccc3s2)=C(O)CN1/N=C(/C(=O)c1ccccc1)c1ccccc1. The molecule has 7 heteroatoms. The lowest BCUT2D eigenvalue weighted by Gasteiger charge is -2.15. The Morgan fingerprint density at radius 1 is 0.938 bits per heavy atom. The van der Waals surface area contributed by atoms with Crippen LogP contribution in [0.4, 0.5) is 0 Å². The first-order valence-corrected chi connectivity index (χ1v) is 10.8. The smallest absolute Gasteiger partial charge is 0.213 e. The van der Waals surface area contributed by atoms with Gasteiger partial charge in [-0.2, -0.15) is 5.10 Å². The summed E-state index contributed by atoms with van der Waals surface area (Å²) in [5, 5.41) is 25.8. The zero-order valence-corrected chi connectivity index (χ0v) is 17.7. The number of Topliss-reactive ketones (excluding diaryl/α,β-unsaturated/α-hetero) is 1. The number of rotatable bonds is 5. The molecule has 2 N–H and O–H groups in total. The molecular weight excluding hydrogens is 420 g/mol. The molecule has 0 bridgehead atoms. The zero-order chi connectivity index (χ0) is 22.1. The lowest BCUT2D eigenvalue weighted by atomic mass is 10.0. The molecule has 2 heterocycles. The van der Waals surface area contributed by atoms with Crippen LogP contribution in [0.15, 0.2) is 95.8 Å². The Balaban J connectivity index is 1.53. The van der Waals surface area contributed by atoms with Gasteiger partial charge in [-0.1, -0.05) is 72.8 Å². The molecule has 0 saturated carbocycles. The van der Waals surface area contributed by atoms with Gasteiger partial charge >= 0.3 is 0 Å². The molecule has 1 aromatic heterocycles. The maximum Gasteiger partial charge on any atom is 0.213 e. The minimum Gasteiger partial charge on any atom is -0.509 e. The first-order chi connectivity index (χ1) is 15.6. The maximum atomic E-state index is 13.3. The van der Waals surface area contributed by atoms with Crippen LogP contribution in [0.3, 0.4) is 0 Å². The van der Waals surface area contributed by atoms with Crippen molar-refractivity contribution < 1.29 is 9.90 Å². The van der Waals surface area contributed by atoms with Crippen LogP contribution in [-0.2, 0) is 0 Å². The Morgan fingerprint density at radius 3 is 2.25 bits per heavy atom. The van der Waals surface area contributed by atoms with Crippen molar-refractivity contribution in [2.24, 2.45) is 5.10 Å². The number of hydrogen-bond acceptors (Lipinski definition) is 6. The van der Waals surface area contributed by atoms with E-state index < -0.39 is 0 Å². The minimum absolute atomic E-state index is 0.00248. The Hall–Kier alpha value is -4.10. The molecule has 0 atom stereocenters. The molecule has 3 aromatic carbocycles. The van der Waals surface area contributed by atoms with Crippen molar-refractivity contribution in [1.82, 2.24) is 9.99 Å². The van der Waals surface area contributed by atoms with Gasteiger partial charge in [0.2, 0.25) is 5.78 Å². The molecule has 0 unspecified atom stereocenters. The van der Waals surface area contributed by atoms with Crippen molar-refractivity contribution in [3.8, 4) is 0 Å². The quantitative estimate of drug-likeness (QED) is 0.333. The minimum atomic E-state index is -0.252. The number of nitrogens with zero attached hydrogens (tertiary/aromatic N) is 3. The Labute approximate surface area is 188 Å². The molecule has 0 saturated heterocycles. The number of ketones is 1. The number of aromatic nitrogens is 1. The molecule has 5 rings (SSSR count). The van der Waals surface area contributed by atoms with Crippen LogP contribution >= 0.6 is 11.3 Å². The van der Waals surface area contributed by atoms with Gasteiger partial charge in [0.15, 0.2) is 5.84 Å². The standard InChI is InChI=1S/C25H18N4O2S/c26-24-21(25-27-18-13-7-8-14-20(18)32-25)19(30)15-29(24)28-22(16-9-3-1-4-10-16)23(31)17-11-5-2-6-12-17/h1-14,26,30H,15H2/b26-24?,28-22+. The molecule has 0 radical (unpaired) electrons. The van der Waals surface area contributed by atoms with Gasteiger partial charge in [-0.15, -0.1) is 11.3 Å². The summed E-state index contributed by atoms with van der Waals surface area (Å²) in [6, 6.07) is 25.7. The van der Waals surface area contributed by atoms with Crippen LogP contribution in [0.2, 0.25) is 0 Å². The number of fused-ring (bicyclic) bond motifs is 1. The number of carbonyl (C=O) groups is 1. The molecule has 0 fully saturated rings. The van der Waals surface area contributed by atoms with E-state index in [0.29, 0.717) is 21.7 Å². The van der Waals surface area contributed by atoms with E-state index in [-0.39, 0.29) is 29.6 Å². The Kier molecular flexibility index (Phi) is 5.09. The molecule has 4 aromatic rings. The monoisotopic (exact) mass is 438 g/mol. The first kappa shape index (κ1) is 19.8. The highest BCUT2D eigenvalue weighted by molar-refractivity contribution is 7.19. The number of nitrogens with one attached hydrogen (secondary N) is 1. The summed E-state index contributed by atoms with van der Waals surface area (Å²) in [7, 11) is 0. The summed E-state index contributed by atoms with van der Waals surface area (Å²) >= 11 is 1.41. The Bertz CT molecular complexity index is 1360. The normalized spacial score (nSPS) is 14.4. The summed E-state index contributed by atoms with van der Waals surface area (Å²) in [5.41, 5.74) is 2.51. The van der Waals surface area contributed by atoms with E-state index in [0.717, 1.165) is 10.2 Å². The zero-order valence-electron chi connectivity index (χ0n) is 16.9. The summed E-state index contributed by atoms with van der Waals surface area (Å²) in [5.74, 6) is -0.231. The number of benzene rings is 3. The third-order valence-corrected chi connectivity index (χ3v) is 6.16. The van der Waals surface area contributed by atoms with Crippen LogP contribution in [0.25, 0.3) is 15.8 Å². The number of aliphatic hydroxyl groups excluding tert-OH is 1. The van der Waals surface area contributed by atoms with E-state index in [4.69, 9.17) is 5.41 Å². The van der Waals surface area contributed by atoms with Crippen molar-refractivity contribution >= 4 is 44.5 Å². The number of thiazole rings is 1. The second-order valence-corrected chi connectivity index (χ2v) is 8.26. The summed E-state index contributed by atoms with van der Waals surface area (Å²) < 4.78 is 0.974. The molecule has 0 aliphatic carbocycles. The second-order valence-electron chi connectivity index (χ2n) is 7.22. The summed E-state index contributed by atoms with van der Waals surface area (Å²) in [4.78, 5) is 17.8. The number of carbonyl (C=O) groups excluding carboxylic acids is 1. The number of hydrazone groups is 1. The lowest BCUT2D eigenvalue weighted by Crippen LogP contribution is -2.26. The van der Waals surface area contributed by atoms with E-state index in [1.807, 2.05) is 48.5 Å². The van der Waals surface area contributed by atoms with Crippen LogP contribution in [0.1, 0.15) is 20.9 Å². The molecule has 32 heavy (non-hydrogen) atoms. The van der Waals surface area contributed by atoms with E-state index in [9.17, 15) is 9.90 Å². The van der Waals surface area contributed by atoms with Crippen molar-refractivity contribution in [3.63, 3.8) is 0 Å². The van der Waals surface area contributed by atoms with Crippen molar-refractivity contribution in [2.75, 3.05) is 6.54 Å². The average molecular weight is 439 g/mol. The first-order valence-electron chi connectivity index (χ1n) is 10.00. The highest BCUT2D eigenvalue weighted by Crippen LogP contribution is 2.33. The maximum absolute atomic E-state index is 13.3. The predicted molar refractivity (Wildman–Crippen MR) is 127 cm³/mol. The van der Waals surface area contributed by atoms with E-state index in [1.165, 1.54) is 16.3 Å². The molecule has 0 amide bonds. The fourth-order valence-corrected chi connectivity index (χ4v) is 4.57. The highest BCUT2D eigenvalue weighted by Gasteiger charge is 2.32. The largest absolute Gasteiger partial charge is 0.509 e. The Morgan fingerprint density at radius 2 is 1.56 bits per heavy atom. The second kappa shape index (κ2) is 8.20. The van der Waals surface area contributed by atoms with Crippen molar-refractivity contribution in [2.45, 2.75) is 0 Å². The highest BCUT2D eigenvalue weighted by atomic mass is 32.1. The van der Waals surface area contributed by atoms with Gasteiger partial charge in [0.25, 0.3) is 0 Å². The van der Waals surface area contributed by atoms with E-state index in [2.05, 4.69) is 10.1 Å². The topological polar surface area (TPSA) is 89.6 Å². The number of aliphatic hydroxyl groups is 1. The molecule has 1 aliphatic heterocycles. The predicted octanol–water partition coefficient (Wildman–Crippen LogP) is 5.15. The average Bonchev–Trinajstić information content (AvgIpc) is 3.37. The van der Waals surface area contributed by atoms with Crippen LogP contribution < -0.4 is 0 Å². The fourth-order valence-electron chi connectivity index (χ4n) is 3.53. The van der Waals surface area contributed by atoms with Crippen LogP contribution in [-0.4, -0.2) is 39.0 Å². The number of para-hydroxylation sites is 1. The number of hydrogen-bond donors (Lipinski definition) is 2. The molecule has 6 nitrogen and oxygen atoms in total. The van der Waals surface area contributed by atoms with Gasteiger partial charge in [0.1, 0.15) is 23.0 Å². The van der Waals surface area contributed by atoms with Crippen molar-refractivity contribution in [1.29, 1.82) is 5.41 Å². The molecular formula is C25H18N4O2S. The van der Waals surface area contributed by atoms with Gasteiger partial charge in [-0.3, -0.25) is 10.2 Å². The van der Waals surface area contributed by atoms with Gasteiger partial charge in [0, 0.05) is 11.1 Å². The van der Waals surface area contributed by atoms with Gasteiger partial charge in [-0.05, 0) is 12.1 Å². The van der Waals surface area contributed by atoms with Gasteiger partial charge in [0.05, 0.1) is 15.8 Å². The third kappa shape index (κ3) is 3.59. The lowest BCUT2D eigenvalue weighted by molar-refractivity contribution is 0.106. The summed E-state index contributed by atoms with van der Waals surface area (Å²) in [6.07, 6.45) is 0. The molecule has 0 spiro atoms. The van der Waals surface area contributed by atoms with Crippen LogP contribution in [0, 0.1) is 5.41 Å². The summed E-state index contributed by atoms with van der Waals surface area (Å²) in [6.45, 7) is 0.00248. The molecule has 1 aliphatic rings. The van der Waals surface area contributed by atoms with Crippen molar-refractivity contribution in [3.05, 3.63) is 107 Å². The third-order valence-electron chi connectivity index (χ3n) is 5.11.